The Balaban J connectivity index is 1.14. The number of benzene rings is 1. The van der Waals surface area contributed by atoms with Crippen molar-refractivity contribution in [2.24, 2.45) is 11.8 Å². The molecular formula is C34H42N8O3. The minimum Gasteiger partial charge on any atom is -0.469 e. The zero-order chi connectivity index (χ0) is 31.1. The van der Waals surface area contributed by atoms with E-state index in [1.165, 1.54) is 32.1 Å². The number of hydrogen-bond acceptors (Lipinski definition) is 8. The van der Waals surface area contributed by atoms with E-state index >= 15 is 0 Å². The number of pyridine rings is 1. The molecule has 3 fully saturated rings. The lowest BCUT2D eigenvalue weighted by Crippen LogP contribution is -2.42. The highest BCUT2D eigenvalue weighted by Gasteiger charge is 2.39. The summed E-state index contributed by atoms with van der Waals surface area (Å²) in [4.78, 5) is 47.4. The molecule has 1 aliphatic carbocycles. The minimum absolute atomic E-state index is 0.136. The van der Waals surface area contributed by atoms with Gasteiger partial charge in [-0.25, -0.2) is 14.8 Å². The number of nitrogens with zero attached hydrogens (tertiary/aromatic N) is 6. The first-order valence-corrected chi connectivity index (χ1v) is 16.3. The third kappa shape index (κ3) is 6.12. The van der Waals surface area contributed by atoms with Gasteiger partial charge in [0.15, 0.2) is 0 Å². The standard InChI is InChI=1S/C34H42N8O3/c1-4-40-21-34(2,3)45-30-28(31(40)43)29(38-32(39-30)42-19-22-7-8-23(17-22)20-42)24-9-11-25(12-10-24)36-33(44)37-27-14-13-26(18-35-27)41-15-5-6-16-41/h9-14,18,22-23H,4-8,15-17,19-21H2,1-3H3,(H2,35,36,37,44). The number of piperidine rings is 1. The first-order chi connectivity index (χ1) is 21.7. The van der Waals surface area contributed by atoms with Crippen molar-refractivity contribution in [2.45, 2.75) is 58.5 Å². The molecule has 5 heterocycles. The number of rotatable bonds is 6. The number of carbonyl (C=O) groups excluding carboxylic acids is 2. The molecule has 7 rings (SSSR count). The number of hydrogen-bond donors (Lipinski definition) is 2. The second kappa shape index (κ2) is 11.8. The van der Waals surface area contributed by atoms with E-state index in [0.717, 1.165) is 37.4 Å². The van der Waals surface area contributed by atoms with E-state index in [0.29, 0.717) is 59.5 Å². The molecule has 2 atom stereocenters. The summed E-state index contributed by atoms with van der Waals surface area (Å²) in [6, 6.07) is 10.8. The van der Waals surface area contributed by atoms with Gasteiger partial charge in [-0.2, -0.15) is 4.98 Å². The summed E-state index contributed by atoms with van der Waals surface area (Å²) in [7, 11) is 0. The maximum Gasteiger partial charge on any atom is 0.324 e. The predicted molar refractivity (Wildman–Crippen MR) is 175 cm³/mol. The average molecular weight is 611 g/mol. The smallest absolute Gasteiger partial charge is 0.324 e. The molecule has 11 nitrogen and oxygen atoms in total. The average Bonchev–Trinajstić information content (AvgIpc) is 3.67. The number of carbonyl (C=O) groups is 2. The van der Waals surface area contributed by atoms with Crippen LogP contribution in [0.3, 0.4) is 0 Å². The SMILES string of the molecule is CCN1CC(C)(C)Oc2nc(N3CC4CCC(C4)C3)nc(-c3ccc(NC(=O)Nc4ccc(N5CCCC5)cn4)cc3)c2C1=O. The van der Waals surface area contributed by atoms with E-state index in [1.54, 1.807) is 11.1 Å². The molecule has 11 heteroatoms. The fourth-order valence-corrected chi connectivity index (χ4v) is 7.27. The molecule has 0 radical (unpaired) electrons. The van der Waals surface area contributed by atoms with E-state index in [-0.39, 0.29) is 11.9 Å². The number of fused-ring (bicyclic) bond motifs is 3. The Kier molecular flexibility index (Phi) is 7.71. The Morgan fingerprint density at radius 3 is 2.38 bits per heavy atom. The van der Waals surface area contributed by atoms with Crippen LogP contribution in [-0.4, -0.2) is 76.7 Å². The Bertz CT molecular complexity index is 1560. The second-order valence-corrected chi connectivity index (χ2v) is 13.4. The molecule has 45 heavy (non-hydrogen) atoms. The minimum atomic E-state index is -0.606. The number of ether oxygens (including phenoxy) is 1. The van der Waals surface area contributed by atoms with Crippen LogP contribution in [0.15, 0.2) is 42.6 Å². The molecule has 1 saturated carbocycles. The molecule has 0 spiro atoms. The molecular weight excluding hydrogens is 568 g/mol. The normalized spacial score (nSPS) is 22.1. The molecule has 2 aromatic heterocycles. The summed E-state index contributed by atoms with van der Waals surface area (Å²) < 4.78 is 6.46. The van der Waals surface area contributed by atoms with Crippen LogP contribution in [0, 0.1) is 11.8 Å². The number of likely N-dealkylation sites (N-methyl/N-ethyl adjacent to an activating group) is 1. The van der Waals surface area contributed by atoms with Gasteiger partial charge in [0, 0.05) is 44.0 Å². The Morgan fingerprint density at radius 2 is 1.71 bits per heavy atom. The zero-order valence-electron chi connectivity index (χ0n) is 26.4. The molecule has 4 aliphatic rings. The van der Waals surface area contributed by atoms with Crippen molar-refractivity contribution in [3.05, 3.63) is 48.2 Å². The number of urea groups is 1. The number of anilines is 4. The van der Waals surface area contributed by atoms with E-state index in [9.17, 15) is 9.59 Å². The van der Waals surface area contributed by atoms with Crippen molar-refractivity contribution < 1.29 is 14.3 Å². The van der Waals surface area contributed by atoms with Crippen LogP contribution in [0.2, 0.25) is 0 Å². The first-order valence-electron chi connectivity index (χ1n) is 16.3. The topological polar surface area (TPSA) is 116 Å². The third-order valence-electron chi connectivity index (χ3n) is 9.46. The van der Waals surface area contributed by atoms with Gasteiger partial charge in [0.25, 0.3) is 5.91 Å². The first kappa shape index (κ1) is 29.3. The molecule has 1 aromatic carbocycles. The van der Waals surface area contributed by atoms with Crippen molar-refractivity contribution in [2.75, 3.05) is 59.7 Å². The maximum absolute atomic E-state index is 13.9. The van der Waals surface area contributed by atoms with E-state index in [2.05, 4.69) is 25.4 Å². The van der Waals surface area contributed by atoms with E-state index < -0.39 is 5.60 Å². The maximum atomic E-state index is 13.9. The monoisotopic (exact) mass is 610 g/mol. The molecule has 3 aliphatic heterocycles. The molecule has 2 unspecified atom stereocenters. The largest absolute Gasteiger partial charge is 0.469 e. The molecule has 3 amide bonds. The van der Waals surface area contributed by atoms with Crippen LogP contribution >= 0.6 is 0 Å². The second-order valence-electron chi connectivity index (χ2n) is 13.4. The fraction of sp³-hybridized carbons (Fsp3) is 0.500. The lowest BCUT2D eigenvalue weighted by Gasteiger charge is -2.32. The third-order valence-corrected chi connectivity index (χ3v) is 9.46. The van der Waals surface area contributed by atoms with Crippen molar-refractivity contribution >= 4 is 35.1 Å². The van der Waals surface area contributed by atoms with E-state index in [4.69, 9.17) is 14.7 Å². The van der Waals surface area contributed by atoms with Crippen molar-refractivity contribution in [1.82, 2.24) is 19.9 Å². The van der Waals surface area contributed by atoms with Gasteiger partial charge in [0.1, 0.15) is 17.0 Å². The van der Waals surface area contributed by atoms with Crippen LogP contribution < -0.4 is 25.2 Å². The summed E-state index contributed by atoms with van der Waals surface area (Å²) in [6.07, 6.45) is 7.95. The Labute approximate surface area is 264 Å². The summed E-state index contributed by atoms with van der Waals surface area (Å²) in [6.45, 7) is 10.9. The van der Waals surface area contributed by atoms with Gasteiger partial charge >= 0.3 is 6.03 Å². The van der Waals surface area contributed by atoms with Crippen molar-refractivity contribution in [3.63, 3.8) is 0 Å². The van der Waals surface area contributed by atoms with Crippen molar-refractivity contribution in [1.29, 1.82) is 0 Å². The van der Waals surface area contributed by atoms with Gasteiger partial charge in [-0.15, -0.1) is 0 Å². The van der Waals surface area contributed by atoms with Crippen LogP contribution in [0.5, 0.6) is 5.88 Å². The number of amides is 3. The van der Waals surface area contributed by atoms with Gasteiger partial charge in [0.2, 0.25) is 11.8 Å². The van der Waals surface area contributed by atoms with E-state index in [1.807, 2.05) is 57.2 Å². The van der Waals surface area contributed by atoms with Gasteiger partial charge < -0.3 is 24.8 Å². The van der Waals surface area contributed by atoms with Crippen LogP contribution in [0.25, 0.3) is 11.3 Å². The lowest BCUT2D eigenvalue weighted by molar-refractivity contribution is 0.0541. The summed E-state index contributed by atoms with van der Waals surface area (Å²) >= 11 is 0. The zero-order valence-corrected chi connectivity index (χ0v) is 26.4. The van der Waals surface area contributed by atoms with Gasteiger partial charge in [-0.05, 0) is 89.0 Å². The summed E-state index contributed by atoms with van der Waals surface area (Å²) in [5.41, 5.74) is 2.76. The molecule has 236 valence electrons. The highest BCUT2D eigenvalue weighted by molar-refractivity contribution is 6.03. The molecule has 2 N–H and O–H groups in total. The summed E-state index contributed by atoms with van der Waals surface area (Å²) in [5.74, 6) is 2.60. The van der Waals surface area contributed by atoms with Gasteiger partial charge in [-0.1, -0.05) is 12.1 Å². The van der Waals surface area contributed by atoms with Crippen LogP contribution in [0.4, 0.5) is 27.9 Å². The summed E-state index contributed by atoms with van der Waals surface area (Å²) in [5, 5.41) is 5.70. The predicted octanol–water partition coefficient (Wildman–Crippen LogP) is 5.65. The lowest BCUT2D eigenvalue weighted by atomic mass is 9.99. The van der Waals surface area contributed by atoms with Crippen molar-refractivity contribution in [3.8, 4) is 17.1 Å². The molecule has 2 bridgehead atoms. The Hall–Kier alpha value is -4.41. The van der Waals surface area contributed by atoms with Gasteiger partial charge in [-0.3, -0.25) is 10.1 Å². The highest BCUT2D eigenvalue weighted by atomic mass is 16.5. The molecule has 2 saturated heterocycles. The quantitative estimate of drug-likeness (QED) is 0.368. The van der Waals surface area contributed by atoms with Crippen LogP contribution in [0.1, 0.15) is 63.2 Å². The van der Waals surface area contributed by atoms with Crippen LogP contribution in [-0.2, 0) is 0 Å². The highest BCUT2D eigenvalue weighted by Crippen LogP contribution is 2.40. The fourth-order valence-electron chi connectivity index (χ4n) is 7.27. The number of aromatic nitrogens is 3. The van der Waals surface area contributed by atoms with Gasteiger partial charge in [0.05, 0.1) is 24.1 Å². The Morgan fingerprint density at radius 1 is 0.978 bits per heavy atom. The molecule has 3 aromatic rings. The number of nitrogens with one attached hydrogen (secondary N) is 2.